The van der Waals surface area contributed by atoms with Gasteiger partial charge in [0.1, 0.15) is 30.8 Å². The van der Waals surface area contributed by atoms with E-state index in [1.54, 1.807) is 12.3 Å². The average Bonchev–Trinajstić information content (AvgIpc) is 3.32. The van der Waals surface area contributed by atoms with Gasteiger partial charge in [-0.3, -0.25) is 0 Å². The van der Waals surface area contributed by atoms with E-state index in [4.69, 9.17) is 13.9 Å². The largest absolute Gasteiger partial charge is 0.489 e. The second-order valence-electron chi connectivity index (χ2n) is 6.71. The van der Waals surface area contributed by atoms with E-state index in [9.17, 15) is 5.11 Å². The van der Waals surface area contributed by atoms with E-state index in [-0.39, 0.29) is 0 Å². The van der Waals surface area contributed by atoms with E-state index in [2.05, 4.69) is 0 Å². The lowest BCUT2D eigenvalue weighted by atomic mass is 10.0. The molecule has 1 atom stereocenters. The van der Waals surface area contributed by atoms with Crippen molar-refractivity contribution in [3.8, 4) is 11.5 Å². The summed E-state index contributed by atoms with van der Waals surface area (Å²) in [5.74, 6) is 1.26. The first-order valence-corrected chi connectivity index (χ1v) is 9.47. The molecule has 4 nitrogen and oxygen atoms in total. The van der Waals surface area contributed by atoms with Gasteiger partial charge in [-0.15, -0.1) is 0 Å². The Morgan fingerprint density at radius 3 is 2.03 bits per heavy atom. The van der Waals surface area contributed by atoms with Crippen LogP contribution in [0.2, 0.25) is 0 Å². The summed E-state index contributed by atoms with van der Waals surface area (Å²) >= 11 is 0. The van der Waals surface area contributed by atoms with Gasteiger partial charge in [0.25, 0.3) is 0 Å². The number of ether oxygens (including phenoxy) is 2. The lowest BCUT2D eigenvalue weighted by Crippen LogP contribution is -2.05. The third-order valence-electron chi connectivity index (χ3n) is 4.62. The molecule has 4 rings (SSSR count). The van der Waals surface area contributed by atoms with Gasteiger partial charge in [0, 0.05) is 17.2 Å². The van der Waals surface area contributed by atoms with Crippen molar-refractivity contribution >= 4 is 0 Å². The fraction of sp³-hybridized carbons (Fsp3) is 0.120. The molecule has 0 saturated carbocycles. The third kappa shape index (κ3) is 4.86. The Morgan fingerprint density at radius 1 is 0.759 bits per heavy atom. The van der Waals surface area contributed by atoms with Crippen LogP contribution < -0.4 is 9.47 Å². The molecule has 0 spiro atoms. The molecule has 0 fully saturated rings. The Labute approximate surface area is 170 Å². The monoisotopic (exact) mass is 386 g/mol. The van der Waals surface area contributed by atoms with Crippen LogP contribution in [0.3, 0.4) is 0 Å². The van der Waals surface area contributed by atoms with Crippen LogP contribution in [0.15, 0.2) is 102 Å². The highest BCUT2D eigenvalue weighted by molar-refractivity contribution is 5.45. The molecule has 1 aromatic heterocycles. The van der Waals surface area contributed by atoms with Crippen LogP contribution in [-0.4, -0.2) is 5.11 Å². The standard InChI is InChI=1S/C25H22O4/c26-25(21-13-14-27-18-21)23-12-11-22(28-16-19-7-3-1-4-8-19)15-24(23)29-17-20-9-5-2-6-10-20/h1-15,18,25-26H,16-17H2. The highest BCUT2D eigenvalue weighted by Gasteiger charge is 2.18. The summed E-state index contributed by atoms with van der Waals surface area (Å²) in [5.41, 5.74) is 3.47. The normalized spacial score (nSPS) is 11.8. The van der Waals surface area contributed by atoms with E-state index in [1.165, 1.54) is 6.26 Å². The molecule has 0 aliphatic rings. The SMILES string of the molecule is OC(c1ccoc1)c1ccc(OCc2ccccc2)cc1OCc1ccccc1. The molecule has 0 radical (unpaired) electrons. The number of aliphatic hydroxyl groups excluding tert-OH is 1. The summed E-state index contributed by atoms with van der Waals surface area (Å²) in [5, 5.41) is 10.8. The van der Waals surface area contributed by atoms with Gasteiger partial charge in [0.05, 0.1) is 12.5 Å². The lowest BCUT2D eigenvalue weighted by Gasteiger charge is -2.17. The predicted molar refractivity (Wildman–Crippen MR) is 111 cm³/mol. The lowest BCUT2D eigenvalue weighted by molar-refractivity contribution is 0.207. The number of hydrogen-bond acceptors (Lipinski definition) is 4. The number of benzene rings is 3. The summed E-state index contributed by atoms with van der Waals surface area (Å²) in [4.78, 5) is 0. The molecule has 29 heavy (non-hydrogen) atoms. The molecule has 146 valence electrons. The smallest absolute Gasteiger partial charge is 0.129 e. The molecule has 1 unspecified atom stereocenters. The van der Waals surface area contributed by atoms with Crippen molar-refractivity contribution < 1.29 is 19.0 Å². The summed E-state index contributed by atoms with van der Waals surface area (Å²) in [6.07, 6.45) is 2.23. The first-order chi connectivity index (χ1) is 14.3. The van der Waals surface area contributed by atoms with Crippen LogP contribution in [-0.2, 0) is 13.2 Å². The number of furan rings is 1. The van der Waals surface area contributed by atoms with Crippen LogP contribution >= 0.6 is 0 Å². The number of hydrogen-bond donors (Lipinski definition) is 1. The molecule has 0 bridgehead atoms. The van der Waals surface area contributed by atoms with Gasteiger partial charge in [0.2, 0.25) is 0 Å². The molecular formula is C25H22O4. The van der Waals surface area contributed by atoms with Crippen molar-refractivity contribution in [3.05, 3.63) is 120 Å². The Balaban J connectivity index is 1.56. The molecule has 1 heterocycles. The van der Waals surface area contributed by atoms with E-state index < -0.39 is 6.10 Å². The van der Waals surface area contributed by atoms with Gasteiger partial charge in [-0.05, 0) is 29.3 Å². The van der Waals surface area contributed by atoms with Crippen molar-refractivity contribution in [1.82, 2.24) is 0 Å². The highest BCUT2D eigenvalue weighted by Crippen LogP contribution is 2.34. The van der Waals surface area contributed by atoms with Gasteiger partial charge in [-0.25, -0.2) is 0 Å². The summed E-state index contributed by atoms with van der Waals surface area (Å²) in [6.45, 7) is 0.858. The van der Waals surface area contributed by atoms with Gasteiger partial charge in [-0.2, -0.15) is 0 Å². The zero-order chi connectivity index (χ0) is 19.9. The number of aliphatic hydroxyl groups is 1. The molecule has 0 saturated heterocycles. The summed E-state index contributed by atoms with van der Waals surface area (Å²) in [6, 6.07) is 27.1. The third-order valence-corrected chi connectivity index (χ3v) is 4.62. The maximum atomic E-state index is 10.8. The zero-order valence-corrected chi connectivity index (χ0v) is 15.9. The minimum absolute atomic E-state index is 0.397. The minimum Gasteiger partial charge on any atom is -0.489 e. The van der Waals surface area contributed by atoms with Gasteiger partial charge in [-0.1, -0.05) is 60.7 Å². The van der Waals surface area contributed by atoms with Crippen molar-refractivity contribution in [2.24, 2.45) is 0 Å². The first kappa shape index (κ1) is 18.8. The molecule has 0 aliphatic carbocycles. The maximum Gasteiger partial charge on any atom is 0.129 e. The zero-order valence-electron chi connectivity index (χ0n) is 15.9. The molecule has 1 N–H and O–H groups in total. The van der Waals surface area contributed by atoms with E-state index in [0.29, 0.717) is 35.8 Å². The molecule has 4 heteroatoms. The average molecular weight is 386 g/mol. The van der Waals surface area contributed by atoms with Crippen molar-refractivity contribution in [3.63, 3.8) is 0 Å². The van der Waals surface area contributed by atoms with E-state index in [0.717, 1.165) is 11.1 Å². The fourth-order valence-corrected chi connectivity index (χ4v) is 3.04. The second-order valence-corrected chi connectivity index (χ2v) is 6.71. The maximum absolute atomic E-state index is 10.8. The highest BCUT2D eigenvalue weighted by atomic mass is 16.5. The summed E-state index contributed by atoms with van der Waals surface area (Å²) < 4.78 is 17.1. The predicted octanol–water partition coefficient (Wildman–Crippen LogP) is 5.52. The quantitative estimate of drug-likeness (QED) is 0.433. The second kappa shape index (κ2) is 9.13. The van der Waals surface area contributed by atoms with Crippen molar-refractivity contribution in [1.29, 1.82) is 0 Å². The summed E-state index contributed by atoms with van der Waals surface area (Å²) in [7, 11) is 0. The molecule has 3 aromatic carbocycles. The molecular weight excluding hydrogens is 364 g/mol. The van der Waals surface area contributed by atoms with Gasteiger partial charge < -0.3 is 19.0 Å². The van der Waals surface area contributed by atoms with Crippen LogP contribution in [0.4, 0.5) is 0 Å². The Hall–Kier alpha value is -3.50. The van der Waals surface area contributed by atoms with E-state index >= 15 is 0 Å². The fourth-order valence-electron chi connectivity index (χ4n) is 3.04. The van der Waals surface area contributed by atoms with Gasteiger partial charge in [0.15, 0.2) is 0 Å². The van der Waals surface area contributed by atoms with Gasteiger partial charge >= 0.3 is 0 Å². The van der Waals surface area contributed by atoms with E-state index in [1.807, 2.05) is 78.9 Å². The van der Waals surface area contributed by atoms with Crippen molar-refractivity contribution in [2.45, 2.75) is 19.3 Å². The van der Waals surface area contributed by atoms with Crippen LogP contribution in [0.1, 0.15) is 28.4 Å². The molecule has 0 aliphatic heterocycles. The molecule has 4 aromatic rings. The first-order valence-electron chi connectivity index (χ1n) is 9.47. The van der Waals surface area contributed by atoms with Crippen LogP contribution in [0, 0.1) is 0 Å². The topological polar surface area (TPSA) is 51.8 Å². The Morgan fingerprint density at radius 2 is 1.41 bits per heavy atom. The van der Waals surface area contributed by atoms with Crippen LogP contribution in [0.5, 0.6) is 11.5 Å². The molecule has 0 amide bonds. The minimum atomic E-state index is -0.845. The Kier molecular flexibility index (Phi) is 5.93. The van der Waals surface area contributed by atoms with Crippen LogP contribution in [0.25, 0.3) is 0 Å². The Bertz CT molecular complexity index is 1010. The number of rotatable bonds is 8. The van der Waals surface area contributed by atoms with Crippen molar-refractivity contribution in [2.75, 3.05) is 0 Å².